The van der Waals surface area contributed by atoms with Crippen LogP contribution >= 0.6 is 0 Å². The van der Waals surface area contributed by atoms with Crippen LogP contribution in [0.5, 0.6) is 0 Å². The molecule has 2 bridgehead atoms. The molecule has 1 fully saturated rings. The van der Waals surface area contributed by atoms with E-state index in [-0.39, 0.29) is 23.1 Å². The number of piperidine rings is 1. The summed E-state index contributed by atoms with van der Waals surface area (Å²) in [6, 6.07) is 5.40. The molecule has 0 aromatic carbocycles. The van der Waals surface area contributed by atoms with Gasteiger partial charge in [0, 0.05) is 37.3 Å². The first-order valence-corrected chi connectivity index (χ1v) is 7.66. The number of rotatable bonds is 1. The third-order valence-corrected chi connectivity index (χ3v) is 4.63. The van der Waals surface area contributed by atoms with Crippen molar-refractivity contribution in [2.75, 3.05) is 26.3 Å². The molecule has 1 aromatic heterocycles. The van der Waals surface area contributed by atoms with Crippen molar-refractivity contribution in [1.82, 2.24) is 9.47 Å². The number of pyridine rings is 1. The molecule has 3 aliphatic heterocycles. The zero-order valence-electron chi connectivity index (χ0n) is 12.2. The normalized spacial score (nSPS) is 26.4. The highest BCUT2D eigenvalue weighted by Gasteiger charge is 2.37. The van der Waals surface area contributed by atoms with Crippen LogP contribution in [-0.4, -0.2) is 41.7 Å². The molecule has 1 aromatic rings. The van der Waals surface area contributed by atoms with Gasteiger partial charge in [-0.25, -0.2) is 0 Å². The quantitative estimate of drug-likeness (QED) is 0.765. The first kappa shape index (κ1) is 13.4. The summed E-state index contributed by atoms with van der Waals surface area (Å²) in [4.78, 5) is 26.4. The third-order valence-electron chi connectivity index (χ3n) is 4.63. The van der Waals surface area contributed by atoms with Gasteiger partial charge in [0.25, 0.3) is 11.5 Å². The molecule has 3 aliphatic rings. The molecule has 6 heteroatoms. The zero-order chi connectivity index (χ0) is 15.1. The van der Waals surface area contributed by atoms with Crippen LogP contribution in [0.4, 0.5) is 0 Å². The molecule has 1 amide bonds. The lowest BCUT2D eigenvalue weighted by Gasteiger charge is -2.42. The highest BCUT2D eigenvalue weighted by Crippen LogP contribution is 2.35. The van der Waals surface area contributed by atoms with Crippen molar-refractivity contribution in [3.8, 4) is 0 Å². The van der Waals surface area contributed by atoms with Crippen molar-refractivity contribution in [3.05, 3.63) is 46.3 Å². The summed E-state index contributed by atoms with van der Waals surface area (Å²) in [7, 11) is 0. The summed E-state index contributed by atoms with van der Waals surface area (Å²) in [5.74, 6) is 0.716. The second kappa shape index (κ2) is 5.19. The standard InChI is InChI=1S/C16H18N2O4/c19-15-3-1-2-13-12-6-11(8-18(13)15)7-17(9-12)16(20)14-10-21-4-5-22-14/h1-3,10-12H,4-9H2/t11-,12+/m1/s1. The Balaban J connectivity index is 1.60. The lowest BCUT2D eigenvalue weighted by molar-refractivity contribution is -0.135. The van der Waals surface area contributed by atoms with Gasteiger partial charge in [-0.2, -0.15) is 0 Å². The Labute approximate surface area is 127 Å². The van der Waals surface area contributed by atoms with Crippen LogP contribution in [0.15, 0.2) is 35.0 Å². The third kappa shape index (κ3) is 2.19. The van der Waals surface area contributed by atoms with E-state index < -0.39 is 0 Å². The fourth-order valence-corrected chi connectivity index (χ4v) is 3.70. The van der Waals surface area contributed by atoms with Gasteiger partial charge in [0.1, 0.15) is 19.5 Å². The number of fused-ring (bicyclic) bond motifs is 4. The largest absolute Gasteiger partial charge is 0.494 e. The highest BCUT2D eigenvalue weighted by atomic mass is 16.6. The van der Waals surface area contributed by atoms with E-state index in [2.05, 4.69) is 0 Å². The van der Waals surface area contributed by atoms with Crippen LogP contribution in [0.25, 0.3) is 0 Å². The maximum absolute atomic E-state index is 12.5. The van der Waals surface area contributed by atoms with Crippen molar-refractivity contribution in [1.29, 1.82) is 0 Å². The fourth-order valence-electron chi connectivity index (χ4n) is 3.70. The topological polar surface area (TPSA) is 60.8 Å². The van der Waals surface area contributed by atoms with Crippen LogP contribution in [0, 0.1) is 5.92 Å². The molecule has 0 aliphatic carbocycles. The first-order chi connectivity index (χ1) is 10.7. The second-order valence-corrected chi connectivity index (χ2v) is 6.11. The van der Waals surface area contributed by atoms with Crippen molar-refractivity contribution < 1.29 is 14.3 Å². The van der Waals surface area contributed by atoms with E-state index in [1.165, 1.54) is 6.26 Å². The molecule has 0 radical (unpaired) electrons. The molecule has 4 rings (SSSR count). The van der Waals surface area contributed by atoms with Crippen molar-refractivity contribution in [3.63, 3.8) is 0 Å². The number of amides is 1. The number of nitrogens with zero attached hydrogens (tertiary/aromatic N) is 2. The van der Waals surface area contributed by atoms with Gasteiger partial charge in [-0.15, -0.1) is 0 Å². The molecule has 4 heterocycles. The Bertz CT molecular complexity index is 694. The number of likely N-dealkylation sites (tertiary alicyclic amines) is 1. The van der Waals surface area contributed by atoms with E-state index >= 15 is 0 Å². The SMILES string of the molecule is O=C(C1=COCCO1)N1C[C@H]2C[C@@H](C1)c1cccc(=O)n1C2. The summed E-state index contributed by atoms with van der Waals surface area (Å²) in [6.07, 6.45) is 2.44. The van der Waals surface area contributed by atoms with Gasteiger partial charge in [0.05, 0.1) is 0 Å². The predicted octanol–water partition coefficient (Wildman–Crippen LogP) is 0.682. The van der Waals surface area contributed by atoms with Crippen LogP contribution in [0.3, 0.4) is 0 Å². The average Bonchev–Trinajstić information content (AvgIpc) is 2.56. The lowest BCUT2D eigenvalue weighted by Crippen LogP contribution is -2.49. The van der Waals surface area contributed by atoms with E-state index in [4.69, 9.17) is 9.47 Å². The minimum Gasteiger partial charge on any atom is -0.494 e. The van der Waals surface area contributed by atoms with E-state index in [9.17, 15) is 9.59 Å². The maximum atomic E-state index is 12.5. The Morgan fingerprint density at radius 1 is 1.18 bits per heavy atom. The van der Waals surface area contributed by atoms with E-state index in [0.29, 0.717) is 38.8 Å². The molecule has 1 saturated heterocycles. The monoisotopic (exact) mass is 302 g/mol. The summed E-state index contributed by atoms with van der Waals surface area (Å²) < 4.78 is 12.4. The van der Waals surface area contributed by atoms with Crippen molar-refractivity contribution in [2.24, 2.45) is 5.92 Å². The van der Waals surface area contributed by atoms with Crippen molar-refractivity contribution in [2.45, 2.75) is 18.9 Å². The molecule has 2 atom stereocenters. The predicted molar refractivity (Wildman–Crippen MR) is 78.1 cm³/mol. The van der Waals surface area contributed by atoms with Gasteiger partial charge in [-0.1, -0.05) is 6.07 Å². The molecule has 22 heavy (non-hydrogen) atoms. The van der Waals surface area contributed by atoms with Crippen LogP contribution < -0.4 is 5.56 Å². The Morgan fingerprint density at radius 3 is 2.91 bits per heavy atom. The number of carbonyl (C=O) groups is 1. The number of ether oxygens (including phenoxy) is 2. The van der Waals surface area contributed by atoms with Gasteiger partial charge < -0.3 is 18.9 Å². The summed E-state index contributed by atoms with van der Waals surface area (Å²) >= 11 is 0. The number of hydrogen-bond donors (Lipinski definition) is 0. The second-order valence-electron chi connectivity index (χ2n) is 6.11. The van der Waals surface area contributed by atoms with Crippen molar-refractivity contribution >= 4 is 5.91 Å². The minimum absolute atomic E-state index is 0.0544. The molecule has 0 unspecified atom stereocenters. The van der Waals surface area contributed by atoms with Crippen LogP contribution in [0.1, 0.15) is 18.0 Å². The zero-order valence-corrected chi connectivity index (χ0v) is 12.2. The Kier molecular flexibility index (Phi) is 3.17. The van der Waals surface area contributed by atoms with Gasteiger partial charge >= 0.3 is 0 Å². The van der Waals surface area contributed by atoms with Crippen LogP contribution in [0.2, 0.25) is 0 Å². The molecule has 116 valence electrons. The van der Waals surface area contributed by atoms with Gasteiger partial charge in [0.2, 0.25) is 5.76 Å². The van der Waals surface area contributed by atoms with E-state index in [1.54, 1.807) is 12.1 Å². The van der Waals surface area contributed by atoms with Crippen LogP contribution in [-0.2, 0) is 20.8 Å². The molecule has 6 nitrogen and oxygen atoms in total. The van der Waals surface area contributed by atoms with E-state index in [0.717, 1.165) is 12.1 Å². The number of hydrogen-bond acceptors (Lipinski definition) is 4. The number of carbonyl (C=O) groups excluding carboxylic acids is 1. The summed E-state index contributed by atoms with van der Waals surface area (Å²) in [5.41, 5.74) is 1.09. The molecule has 0 saturated carbocycles. The molecule has 0 N–H and O–H groups in total. The Hall–Kier alpha value is -2.24. The first-order valence-electron chi connectivity index (χ1n) is 7.66. The minimum atomic E-state index is -0.110. The Morgan fingerprint density at radius 2 is 2.09 bits per heavy atom. The average molecular weight is 302 g/mol. The van der Waals surface area contributed by atoms with E-state index in [1.807, 2.05) is 15.5 Å². The summed E-state index contributed by atoms with van der Waals surface area (Å²) in [5, 5.41) is 0. The van der Waals surface area contributed by atoms with Gasteiger partial charge in [-0.3, -0.25) is 9.59 Å². The maximum Gasteiger partial charge on any atom is 0.292 e. The molecular weight excluding hydrogens is 284 g/mol. The smallest absolute Gasteiger partial charge is 0.292 e. The van der Waals surface area contributed by atoms with Gasteiger partial charge in [0.15, 0.2) is 0 Å². The molecular formula is C16H18N2O4. The number of aromatic nitrogens is 1. The highest BCUT2D eigenvalue weighted by molar-refractivity contribution is 5.91. The molecule has 0 spiro atoms. The summed E-state index contributed by atoms with van der Waals surface area (Å²) in [6.45, 7) is 2.87. The van der Waals surface area contributed by atoms with Gasteiger partial charge in [-0.05, 0) is 18.4 Å². The lowest BCUT2D eigenvalue weighted by atomic mass is 9.83. The fraction of sp³-hybridized carbons (Fsp3) is 0.500.